The number of nitrogens with two attached hydrogens (primary N) is 1. The maximum Gasteiger partial charge on any atom is 0.333 e. The number of amides is 1. The van der Waals surface area contributed by atoms with Crippen molar-refractivity contribution in [1.29, 1.82) is 0 Å². The molecule has 26 heavy (non-hydrogen) atoms. The van der Waals surface area contributed by atoms with Gasteiger partial charge in [0.2, 0.25) is 5.91 Å². The zero-order valence-corrected chi connectivity index (χ0v) is 14.9. The summed E-state index contributed by atoms with van der Waals surface area (Å²) in [6, 6.07) is 5.98. The van der Waals surface area contributed by atoms with Crippen LogP contribution in [0.25, 0.3) is 0 Å². The minimum atomic E-state index is -1.79. The van der Waals surface area contributed by atoms with E-state index in [9.17, 15) is 14.4 Å². The lowest BCUT2D eigenvalue weighted by Crippen LogP contribution is -2.60. The molecule has 1 aliphatic carbocycles. The summed E-state index contributed by atoms with van der Waals surface area (Å²) in [6.45, 7) is 0.669. The van der Waals surface area contributed by atoms with Crippen LogP contribution in [0, 0.1) is 0 Å². The third-order valence-electron chi connectivity index (χ3n) is 4.63. The predicted molar refractivity (Wildman–Crippen MR) is 92.7 cm³/mol. The fraction of sp³-hybridized carbons (Fsp3) is 0.471. The standard InChI is InChI=1S/C13H15ClN2O.C4H6O5/c1-16-7-8-2-3-9(14)4-11(8)13(12(16)17)5-10(15)6-13;5-2(4(8)9)1-3(6)7/h2-4,10H,5-7,15H2,1H3;2,5H,1H2,(H,6,7)(H,8,9). The second-order valence-electron chi connectivity index (χ2n) is 6.67. The van der Waals surface area contributed by atoms with Crippen LogP contribution in [-0.2, 0) is 26.3 Å². The van der Waals surface area contributed by atoms with E-state index in [0.29, 0.717) is 11.6 Å². The fourth-order valence-electron chi connectivity index (χ4n) is 3.42. The fourth-order valence-corrected chi connectivity index (χ4v) is 3.59. The van der Waals surface area contributed by atoms with Crippen LogP contribution in [0.5, 0.6) is 0 Å². The highest BCUT2D eigenvalue weighted by Crippen LogP contribution is 2.48. The molecule has 1 saturated carbocycles. The minimum absolute atomic E-state index is 0.136. The summed E-state index contributed by atoms with van der Waals surface area (Å²) in [5.74, 6) is -2.66. The van der Waals surface area contributed by atoms with Gasteiger partial charge in [0.25, 0.3) is 0 Å². The number of rotatable bonds is 3. The molecule has 2 aliphatic rings. The van der Waals surface area contributed by atoms with Crippen LogP contribution >= 0.6 is 11.6 Å². The molecule has 1 aromatic carbocycles. The van der Waals surface area contributed by atoms with E-state index in [1.165, 1.54) is 5.56 Å². The topological polar surface area (TPSA) is 141 Å². The Balaban J connectivity index is 0.000000232. The highest BCUT2D eigenvalue weighted by molar-refractivity contribution is 6.30. The zero-order valence-electron chi connectivity index (χ0n) is 14.2. The Hall–Kier alpha value is -2.16. The summed E-state index contributed by atoms with van der Waals surface area (Å²) in [7, 11) is 1.85. The quantitative estimate of drug-likeness (QED) is 0.597. The van der Waals surface area contributed by atoms with Crippen molar-refractivity contribution >= 4 is 29.4 Å². The molecule has 1 atom stereocenters. The maximum absolute atomic E-state index is 12.4. The van der Waals surface area contributed by atoms with Gasteiger partial charge in [0, 0.05) is 24.7 Å². The Morgan fingerprint density at radius 3 is 2.46 bits per heavy atom. The van der Waals surface area contributed by atoms with E-state index in [1.807, 2.05) is 25.2 Å². The molecule has 1 aliphatic heterocycles. The zero-order chi connectivity index (χ0) is 19.6. The van der Waals surface area contributed by atoms with E-state index in [0.717, 1.165) is 18.4 Å². The summed E-state index contributed by atoms with van der Waals surface area (Å²) in [5.41, 5.74) is 7.78. The molecule has 1 unspecified atom stereocenters. The number of likely N-dealkylation sites (N-methyl/N-ethyl adjacent to an activating group) is 1. The number of carbonyl (C=O) groups excluding carboxylic acids is 1. The lowest BCUT2D eigenvalue weighted by Gasteiger charge is -2.50. The Labute approximate surface area is 155 Å². The molecule has 1 fully saturated rings. The number of carbonyl (C=O) groups is 3. The van der Waals surface area contributed by atoms with Gasteiger partial charge in [0.05, 0.1) is 11.8 Å². The number of halogens is 1. The normalized spacial score (nSPS) is 24.8. The van der Waals surface area contributed by atoms with E-state index >= 15 is 0 Å². The summed E-state index contributed by atoms with van der Waals surface area (Å²) < 4.78 is 0. The average molecular weight is 385 g/mol. The van der Waals surface area contributed by atoms with Crippen molar-refractivity contribution in [2.45, 2.75) is 43.4 Å². The van der Waals surface area contributed by atoms with Crippen LogP contribution in [0.4, 0.5) is 0 Å². The average Bonchev–Trinajstić information content (AvgIpc) is 2.51. The van der Waals surface area contributed by atoms with Crippen LogP contribution in [-0.4, -0.2) is 57.3 Å². The van der Waals surface area contributed by atoms with Crippen molar-refractivity contribution in [3.63, 3.8) is 0 Å². The molecule has 0 bridgehead atoms. The van der Waals surface area contributed by atoms with Crippen molar-refractivity contribution in [3.05, 3.63) is 34.3 Å². The third kappa shape index (κ3) is 3.98. The smallest absolute Gasteiger partial charge is 0.333 e. The second kappa shape index (κ2) is 7.61. The van der Waals surface area contributed by atoms with Crippen molar-refractivity contribution < 1.29 is 29.7 Å². The summed E-state index contributed by atoms with van der Waals surface area (Å²) >= 11 is 6.05. The summed E-state index contributed by atoms with van der Waals surface area (Å²) in [6.07, 6.45) is -1.06. The number of hydrogen-bond acceptors (Lipinski definition) is 5. The molecule has 142 valence electrons. The second-order valence-corrected chi connectivity index (χ2v) is 7.10. The highest BCUT2D eigenvalue weighted by atomic mass is 35.5. The van der Waals surface area contributed by atoms with E-state index in [4.69, 9.17) is 32.7 Å². The van der Waals surface area contributed by atoms with Gasteiger partial charge in [-0.3, -0.25) is 9.59 Å². The van der Waals surface area contributed by atoms with Gasteiger partial charge in [-0.15, -0.1) is 0 Å². The Bertz CT molecular complexity index is 732. The number of aliphatic hydroxyl groups is 1. The molecular formula is C17H21ClN2O6. The van der Waals surface area contributed by atoms with E-state index < -0.39 is 29.9 Å². The van der Waals surface area contributed by atoms with E-state index in [2.05, 4.69) is 0 Å². The van der Waals surface area contributed by atoms with Gasteiger partial charge < -0.3 is 26.0 Å². The SMILES string of the molecule is CN1Cc2ccc(Cl)cc2C2(CC(N)C2)C1=O.O=C(O)CC(O)C(=O)O. The molecule has 0 saturated heterocycles. The van der Waals surface area contributed by atoms with Gasteiger partial charge in [-0.1, -0.05) is 17.7 Å². The molecule has 3 rings (SSSR count). The van der Waals surface area contributed by atoms with Crippen LogP contribution in [0.3, 0.4) is 0 Å². The lowest BCUT2D eigenvalue weighted by molar-refractivity contribution is -0.152. The number of aliphatic carboxylic acids is 2. The molecule has 9 heteroatoms. The van der Waals surface area contributed by atoms with Crippen LogP contribution in [0.15, 0.2) is 18.2 Å². The number of carboxylic acid groups (broad SMARTS) is 2. The van der Waals surface area contributed by atoms with Gasteiger partial charge in [0.15, 0.2) is 6.10 Å². The van der Waals surface area contributed by atoms with Crippen LogP contribution in [0.1, 0.15) is 30.4 Å². The van der Waals surface area contributed by atoms with Gasteiger partial charge in [0.1, 0.15) is 0 Å². The molecule has 0 aromatic heterocycles. The molecule has 8 nitrogen and oxygen atoms in total. The first kappa shape index (κ1) is 20.2. The molecule has 0 radical (unpaired) electrons. The molecule has 1 heterocycles. The number of benzene rings is 1. The number of aliphatic hydroxyl groups excluding tert-OH is 1. The van der Waals surface area contributed by atoms with Crippen molar-refractivity contribution in [3.8, 4) is 0 Å². The maximum atomic E-state index is 12.4. The first-order chi connectivity index (χ1) is 12.1. The van der Waals surface area contributed by atoms with Crippen molar-refractivity contribution in [2.75, 3.05) is 7.05 Å². The van der Waals surface area contributed by atoms with Crippen molar-refractivity contribution in [2.24, 2.45) is 5.73 Å². The Morgan fingerprint density at radius 2 is 2.00 bits per heavy atom. The number of fused-ring (bicyclic) bond motifs is 2. The minimum Gasteiger partial charge on any atom is -0.481 e. The van der Waals surface area contributed by atoms with Crippen LogP contribution in [0.2, 0.25) is 5.02 Å². The third-order valence-corrected chi connectivity index (χ3v) is 4.86. The first-order valence-corrected chi connectivity index (χ1v) is 8.37. The Morgan fingerprint density at radius 1 is 1.38 bits per heavy atom. The van der Waals surface area contributed by atoms with E-state index in [1.54, 1.807) is 4.90 Å². The molecular weight excluding hydrogens is 364 g/mol. The number of carboxylic acids is 2. The molecule has 1 amide bonds. The Kier molecular flexibility index (Phi) is 5.90. The van der Waals surface area contributed by atoms with Gasteiger partial charge in [-0.05, 0) is 36.1 Å². The van der Waals surface area contributed by atoms with Gasteiger partial charge >= 0.3 is 11.9 Å². The largest absolute Gasteiger partial charge is 0.481 e. The number of hydrogen-bond donors (Lipinski definition) is 4. The lowest BCUT2D eigenvalue weighted by atomic mass is 9.59. The summed E-state index contributed by atoms with van der Waals surface area (Å²) in [4.78, 5) is 33.6. The van der Waals surface area contributed by atoms with E-state index in [-0.39, 0.29) is 11.9 Å². The van der Waals surface area contributed by atoms with Gasteiger partial charge in [-0.2, -0.15) is 0 Å². The first-order valence-electron chi connectivity index (χ1n) is 7.99. The predicted octanol–water partition coefficient (Wildman–Crippen LogP) is 0.578. The highest BCUT2D eigenvalue weighted by Gasteiger charge is 2.54. The molecule has 1 aromatic rings. The monoisotopic (exact) mass is 384 g/mol. The number of nitrogens with zero attached hydrogens (tertiary/aromatic N) is 1. The molecule has 5 N–H and O–H groups in total. The van der Waals surface area contributed by atoms with Gasteiger partial charge in [-0.25, -0.2) is 4.79 Å². The summed E-state index contributed by atoms with van der Waals surface area (Å²) in [5, 5.41) is 24.8. The van der Waals surface area contributed by atoms with Crippen LogP contribution < -0.4 is 5.73 Å². The molecule has 1 spiro atoms. The van der Waals surface area contributed by atoms with Crippen molar-refractivity contribution in [1.82, 2.24) is 4.90 Å².